The van der Waals surface area contributed by atoms with Crippen molar-refractivity contribution in [3.05, 3.63) is 39.6 Å². The standard InChI is InChI=1S/C10H8ClFN2OS/c1-6-3-2-4-8(9(6)12)15-5-7-10(11)16-14-13-7/h2-4H,5H2,1H3. The van der Waals surface area contributed by atoms with Crippen LogP contribution in [0.3, 0.4) is 0 Å². The van der Waals surface area contributed by atoms with Crippen molar-refractivity contribution in [1.29, 1.82) is 0 Å². The molecule has 0 atom stereocenters. The molecule has 6 heteroatoms. The molecule has 0 aliphatic carbocycles. The van der Waals surface area contributed by atoms with Crippen LogP contribution >= 0.6 is 23.1 Å². The summed E-state index contributed by atoms with van der Waals surface area (Å²) >= 11 is 6.87. The number of aryl methyl sites for hydroxylation is 1. The second kappa shape index (κ2) is 4.76. The highest BCUT2D eigenvalue weighted by atomic mass is 35.5. The van der Waals surface area contributed by atoms with Crippen molar-refractivity contribution in [1.82, 2.24) is 9.59 Å². The summed E-state index contributed by atoms with van der Waals surface area (Å²) in [6, 6.07) is 4.98. The summed E-state index contributed by atoms with van der Waals surface area (Å²) in [5.41, 5.74) is 1.06. The molecule has 0 unspecified atom stereocenters. The first-order valence-electron chi connectivity index (χ1n) is 4.53. The Morgan fingerprint density at radius 2 is 2.31 bits per heavy atom. The van der Waals surface area contributed by atoms with Crippen LogP contribution in [-0.4, -0.2) is 9.59 Å². The van der Waals surface area contributed by atoms with Crippen LogP contribution in [0.5, 0.6) is 5.75 Å². The quantitative estimate of drug-likeness (QED) is 0.848. The summed E-state index contributed by atoms with van der Waals surface area (Å²) in [5, 5.41) is 3.77. The van der Waals surface area contributed by atoms with Crippen molar-refractivity contribution in [2.75, 3.05) is 0 Å². The van der Waals surface area contributed by atoms with Gasteiger partial charge >= 0.3 is 0 Å². The Morgan fingerprint density at radius 3 is 3.00 bits per heavy atom. The number of hydrogen-bond donors (Lipinski definition) is 0. The molecule has 0 radical (unpaired) electrons. The van der Waals surface area contributed by atoms with Gasteiger partial charge in [-0.25, -0.2) is 4.39 Å². The Hall–Kier alpha value is -1.20. The van der Waals surface area contributed by atoms with Crippen molar-refractivity contribution in [3.63, 3.8) is 0 Å². The molecule has 2 rings (SSSR count). The van der Waals surface area contributed by atoms with Crippen molar-refractivity contribution in [2.45, 2.75) is 13.5 Å². The lowest BCUT2D eigenvalue weighted by Gasteiger charge is -2.06. The summed E-state index contributed by atoms with van der Waals surface area (Å²) in [7, 11) is 0. The molecule has 0 aliphatic heterocycles. The molecular formula is C10H8ClFN2OS. The van der Waals surface area contributed by atoms with E-state index in [0.717, 1.165) is 11.5 Å². The first-order chi connectivity index (χ1) is 7.68. The third kappa shape index (κ3) is 2.31. The topological polar surface area (TPSA) is 35.0 Å². The number of aromatic nitrogens is 2. The molecule has 0 N–H and O–H groups in total. The summed E-state index contributed by atoms with van der Waals surface area (Å²) < 4.78 is 23.0. The van der Waals surface area contributed by atoms with E-state index in [2.05, 4.69) is 9.59 Å². The fourth-order valence-electron chi connectivity index (χ4n) is 1.16. The van der Waals surface area contributed by atoms with Gasteiger partial charge in [-0.3, -0.25) is 0 Å². The predicted octanol–water partition coefficient (Wildman–Crippen LogP) is 3.22. The van der Waals surface area contributed by atoms with Gasteiger partial charge in [0.25, 0.3) is 0 Å². The van der Waals surface area contributed by atoms with E-state index in [4.69, 9.17) is 16.3 Å². The molecule has 0 spiro atoms. The summed E-state index contributed by atoms with van der Waals surface area (Å²) in [6.07, 6.45) is 0. The Balaban J connectivity index is 2.11. The second-order valence-corrected chi connectivity index (χ2v) is 4.53. The van der Waals surface area contributed by atoms with Gasteiger partial charge in [-0.15, -0.1) is 5.10 Å². The zero-order valence-corrected chi connectivity index (χ0v) is 9.98. The smallest absolute Gasteiger partial charge is 0.167 e. The van der Waals surface area contributed by atoms with Crippen LogP contribution in [0.15, 0.2) is 18.2 Å². The summed E-state index contributed by atoms with van der Waals surface area (Å²) in [5.74, 6) is -0.161. The lowest BCUT2D eigenvalue weighted by atomic mass is 10.2. The molecule has 0 aliphatic rings. The van der Waals surface area contributed by atoms with Gasteiger partial charge < -0.3 is 4.74 Å². The average Bonchev–Trinajstić information content (AvgIpc) is 2.67. The van der Waals surface area contributed by atoms with E-state index in [1.54, 1.807) is 25.1 Å². The molecular weight excluding hydrogens is 251 g/mol. The van der Waals surface area contributed by atoms with Crippen LogP contribution in [-0.2, 0) is 6.61 Å². The fraction of sp³-hybridized carbons (Fsp3) is 0.200. The molecule has 0 fully saturated rings. The Morgan fingerprint density at radius 1 is 1.50 bits per heavy atom. The zero-order valence-electron chi connectivity index (χ0n) is 8.41. The molecule has 84 valence electrons. The highest BCUT2D eigenvalue weighted by molar-refractivity contribution is 7.10. The van der Waals surface area contributed by atoms with Crippen LogP contribution in [0.1, 0.15) is 11.3 Å². The number of benzene rings is 1. The third-order valence-corrected chi connectivity index (χ3v) is 3.01. The first-order valence-corrected chi connectivity index (χ1v) is 5.68. The van der Waals surface area contributed by atoms with Gasteiger partial charge in [0, 0.05) is 11.5 Å². The van der Waals surface area contributed by atoms with Crippen molar-refractivity contribution < 1.29 is 9.13 Å². The maximum atomic E-state index is 13.5. The monoisotopic (exact) mass is 258 g/mol. The van der Waals surface area contributed by atoms with Gasteiger partial charge in [0.2, 0.25) is 0 Å². The number of halogens is 2. The molecule has 1 aromatic heterocycles. The maximum absolute atomic E-state index is 13.5. The van der Waals surface area contributed by atoms with E-state index in [0.29, 0.717) is 15.6 Å². The van der Waals surface area contributed by atoms with Gasteiger partial charge in [0.1, 0.15) is 16.6 Å². The normalized spacial score (nSPS) is 10.4. The number of ether oxygens (including phenoxy) is 1. The van der Waals surface area contributed by atoms with Crippen molar-refractivity contribution in [3.8, 4) is 5.75 Å². The third-order valence-electron chi connectivity index (χ3n) is 2.03. The Bertz CT molecular complexity index is 503. The van der Waals surface area contributed by atoms with E-state index >= 15 is 0 Å². The number of rotatable bonds is 3. The minimum atomic E-state index is -0.359. The maximum Gasteiger partial charge on any atom is 0.167 e. The van der Waals surface area contributed by atoms with E-state index in [1.165, 1.54) is 0 Å². The van der Waals surface area contributed by atoms with Gasteiger partial charge in [-0.2, -0.15) is 0 Å². The minimum absolute atomic E-state index is 0.121. The molecule has 0 saturated heterocycles. The summed E-state index contributed by atoms with van der Waals surface area (Å²) in [6.45, 7) is 1.80. The Labute approximate surface area is 101 Å². The minimum Gasteiger partial charge on any atom is -0.484 e. The van der Waals surface area contributed by atoms with Gasteiger partial charge in [-0.05, 0) is 18.6 Å². The molecule has 0 bridgehead atoms. The van der Waals surface area contributed by atoms with E-state index in [-0.39, 0.29) is 18.2 Å². The number of nitrogens with zero attached hydrogens (tertiary/aromatic N) is 2. The van der Waals surface area contributed by atoms with Crippen LogP contribution < -0.4 is 4.74 Å². The average molecular weight is 259 g/mol. The van der Waals surface area contributed by atoms with Crippen LogP contribution in [0.2, 0.25) is 4.34 Å². The number of hydrogen-bond acceptors (Lipinski definition) is 4. The van der Waals surface area contributed by atoms with Crippen LogP contribution in [0, 0.1) is 12.7 Å². The zero-order chi connectivity index (χ0) is 11.5. The molecule has 16 heavy (non-hydrogen) atoms. The molecule has 2 aromatic rings. The first kappa shape index (κ1) is 11.3. The highest BCUT2D eigenvalue weighted by Gasteiger charge is 2.09. The van der Waals surface area contributed by atoms with Gasteiger partial charge in [0.05, 0.1) is 0 Å². The highest BCUT2D eigenvalue weighted by Crippen LogP contribution is 2.23. The summed E-state index contributed by atoms with van der Waals surface area (Å²) in [4.78, 5) is 0. The van der Waals surface area contributed by atoms with Crippen molar-refractivity contribution >= 4 is 23.1 Å². The van der Waals surface area contributed by atoms with Crippen molar-refractivity contribution in [2.24, 2.45) is 0 Å². The Kier molecular flexibility index (Phi) is 3.36. The SMILES string of the molecule is Cc1cccc(OCc2nnsc2Cl)c1F. The fourth-order valence-corrected chi connectivity index (χ4v) is 1.76. The molecule has 0 saturated carbocycles. The molecule has 1 aromatic carbocycles. The molecule has 3 nitrogen and oxygen atoms in total. The van der Waals surface area contributed by atoms with Gasteiger partial charge in [0.15, 0.2) is 11.6 Å². The molecule has 0 amide bonds. The lowest BCUT2D eigenvalue weighted by Crippen LogP contribution is -1.99. The molecule has 1 heterocycles. The van der Waals surface area contributed by atoms with Crippen LogP contribution in [0.25, 0.3) is 0 Å². The second-order valence-electron chi connectivity index (χ2n) is 3.17. The van der Waals surface area contributed by atoms with E-state index in [1.807, 2.05) is 0 Å². The van der Waals surface area contributed by atoms with E-state index in [9.17, 15) is 4.39 Å². The van der Waals surface area contributed by atoms with Crippen LogP contribution in [0.4, 0.5) is 4.39 Å². The van der Waals surface area contributed by atoms with E-state index < -0.39 is 0 Å². The predicted molar refractivity (Wildman–Crippen MR) is 60.4 cm³/mol. The lowest BCUT2D eigenvalue weighted by molar-refractivity contribution is 0.285. The van der Waals surface area contributed by atoms with Gasteiger partial charge in [-0.1, -0.05) is 28.2 Å². The largest absolute Gasteiger partial charge is 0.484 e.